The van der Waals surface area contributed by atoms with Crippen molar-refractivity contribution in [1.82, 2.24) is 15.5 Å². The predicted octanol–water partition coefficient (Wildman–Crippen LogP) is 2.30. The van der Waals surface area contributed by atoms with E-state index in [-0.39, 0.29) is 30.8 Å². The van der Waals surface area contributed by atoms with E-state index in [1.807, 2.05) is 35.2 Å². The molecule has 0 aromatic heterocycles. The van der Waals surface area contributed by atoms with E-state index >= 15 is 0 Å². The summed E-state index contributed by atoms with van der Waals surface area (Å²) in [5.74, 6) is 2.29. The summed E-state index contributed by atoms with van der Waals surface area (Å²) in [6.45, 7) is 3.44. The molecule has 3 rings (SSSR count). The van der Waals surface area contributed by atoms with E-state index in [4.69, 9.17) is 11.2 Å². The van der Waals surface area contributed by atoms with E-state index < -0.39 is 12.0 Å². The topological polar surface area (TPSA) is 87.7 Å². The first-order chi connectivity index (χ1) is 16.5. The number of nitrogens with one attached hydrogen (secondary N) is 2. The van der Waals surface area contributed by atoms with E-state index in [0.29, 0.717) is 38.3 Å². The molecule has 2 saturated heterocycles. The molecule has 2 aliphatic heterocycles. The van der Waals surface area contributed by atoms with Crippen LogP contribution in [0.4, 0.5) is 0 Å². The van der Waals surface area contributed by atoms with Gasteiger partial charge in [-0.25, -0.2) is 0 Å². The fraction of sp³-hybridized carbons (Fsp3) is 0.593. The van der Waals surface area contributed by atoms with Crippen LogP contribution in [0.25, 0.3) is 0 Å². The van der Waals surface area contributed by atoms with Gasteiger partial charge in [0.05, 0.1) is 18.9 Å². The first-order valence-corrected chi connectivity index (χ1v) is 12.5. The van der Waals surface area contributed by atoms with Crippen molar-refractivity contribution in [3.05, 3.63) is 35.9 Å². The molecule has 1 unspecified atom stereocenters. The van der Waals surface area contributed by atoms with Crippen molar-refractivity contribution >= 4 is 17.8 Å². The van der Waals surface area contributed by atoms with Gasteiger partial charge in [0.15, 0.2) is 0 Å². The van der Waals surface area contributed by atoms with Crippen LogP contribution < -0.4 is 10.6 Å². The highest BCUT2D eigenvalue weighted by molar-refractivity contribution is 5.82. The molecule has 2 atom stereocenters. The summed E-state index contributed by atoms with van der Waals surface area (Å²) in [5, 5.41) is 6.15. The normalized spacial score (nSPS) is 19.6. The molecular weight excluding hydrogens is 430 g/mol. The van der Waals surface area contributed by atoms with Gasteiger partial charge in [-0.15, -0.1) is 6.42 Å². The Hall–Kier alpha value is -2.85. The van der Waals surface area contributed by atoms with Crippen molar-refractivity contribution in [2.45, 2.75) is 57.4 Å². The minimum Gasteiger partial charge on any atom is -0.465 e. The van der Waals surface area contributed by atoms with E-state index in [0.717, 1.165) is 44.3 Å². The van der Waals surface area contributed by atoms with Crippen molar-refractivity contribution in [2.75, 3.05) is 32.8 Å². The fourth-order valence-corrected chi connectivity index (χ4v) is 4.67. The maximum atomic E-state index is 12.8. The minimum absolute atomic E-state index is 0.0668. The molecule has 0 saturated carbocycles. The van der Waals surface area contributed by atoms with Crippen LogP contribution in [0.2, 0.25) is 0 Å². The summed E-state index contributed by atoms with van der Waals surface area (Å²) < 4.78 is 5.29. The molecule has 2 heterocycles. The predicted molar refractivity (Wildman–Crippen MR) is 131 cm³/mol. The lowest BCUT2D eigenvalue weighted by Crippen LogP contribution is -2.47. The fourth-order valence-electron chi connectivity index (χ4n) is 4.67. The Labute approximate surface area is 203 Å². The molecule has 2 aliphatic rings. The zero-order valence-corrected chi connectivity index (χ0v) is 20.0. The quantitative estimate of drug-likeness (QED) is 0.407. The summed E-state index contributed by atoms with van der Waals surface area (Å²) in [7, 11) is 0. The number of rotatable bonds is 10. The molecular formula is C27H37N3O4. The van der Waals surface area contributed by atoms with Crippen LogP contribution in [0.1, 0.15) is 50.5 Å². The van der Waals surface area contributed by atoms with Crippen LogP contribution in [0.15, 0.2) is 30.3 Å². The molecule has 184 valence electrons. The van der Waals surface area contributed by atoms with Crippen molar-refractivity contribution in [2.24, 2.45) is 11.8 Å². The van der Waals surface area contributed by atoms with Crippen LogP contribution in [-0.4, -0.2) is 61.5 Å². The molecule has 1 aromatic carbocycles. The summed E-state index contributed by atoms with van der Waals surface area (Å²) >= 11 is 0. The lowest BCUT2D eigenvalue weighted by Gasteiger charge is -2.33. The van der Waals surface area contributed by atoms with Gasteiger partial charge in [0.25, 0.3) is 0 Å². The molecule has 7 nitrogen and oxygen atoms in total. The molecule has 0 aliphatic carbocycles. The second kappa shape index (κ2) is 13.8. The van der Waals surface area contributed by atoms with E-state index in [1.54, 1.807) is 0 Å². The Morgan fingerprint density at radius 3 is 2.68 bits per heavy atom. The van der Waals surface area contributed by atoms with Gasteiger partial charge in [-0.2, -0.15) is 0 Å². The Balaban J connectivity index is 1.38. The van der Waals surface area contributed by atoms with Gasteiger partial charge in [-0.05, 0) is 56.7 Å². The lowest BCUT2D eigenvalue weighted by molar-refractivity contribution is -0.143. The smallest absolute Gasteiger partial charge is 0.308 e. The third kappa shape index (κ3) is 8.49. The number of esters is 1. The van der Waals surface area contributed by atoms with Crippen molar-refractivity contribution in [1.29, 1.82) is 0 Å². The van der Waals surface area contributed by atoms with Gasteiger partial charge in [-0.1, -0.05) is 36.3 Å². The number of carbonyl (C=O) groups excluding carboxylic acids is 3. The minimum atomic E-state index is -0.720. The van der Waals surface area contributed by atoms with Crippen LogP contribution in [0, 0.1) is 24.2 Å². The van der Waals surface area contributed by atoms with Gasteiger partial charge in [0.1, 0.15) is 6.04 Å². The van der Waals surface area contributed by atoms with Gasteiger partial charge >= 0.3 is 5.97 Å². The Kier molecular flexibility index (Phi) is 10.4. The SMILES string of the molecule is C#CC(CC(=O)OCCc1ccccc1)NC(=O)[C@@H]1CCCN(C(=O)CCC2CCNCC2)C1. The number of ether oxygens (including phenoxy) is 1. The number of likely N-dealkylation sites (tertiary alicyclic amines) is 1. The van der Waals surface area contributed by atoms with E-state index in [2.05, 4.69) is 16.6 Å². The maximum absolute atomic E-state index is 12.8. The average Bonchev–Trinajstić information content (AvgIpc) is 2.88. The average molecular weight is 468 g/mol. The van der Waals surface area contributed by atoms with Crippen LogP contribution in [0.5, 0.6) is 0 Å². The molecule has 1 aromatic rings. The first-order valence-electron chi connectivity index (χ1n) is 12.5. The number of piperidine rings is 2. The highest BCUT2D eigenvalue weighted by Crippen LogP contribution is 2.21. The van der Waals surface area contributed by atoms with Crippen molar-refractivity contribution in [3.8, 4) is 12.3 Å². The number of terminal acetylenes is 1. The standard InChI is InChI=1S/C27H37N3O4/c1-2-24(19-26(32)34-18-14-21-7-4-3-5-8-21)29-27(33)23-9-6-17-30(20-23)25(31)11-10-22-12-15-28-16-13-22/h1,3-5,7-8,22-24,28H,6,9-20H2,(H,29,33)/t23-,24?/m1/s1. The van der Waals surface area contributed by atoms with Crippen LogP contribution >= 0.6 is 0 Å². The molecule has 34 heavy (non-hydrogen) atoms. The van der Waals surface area contributed by atoms with E-state index in [1.165, 1.54) is 0 Å². The molecule has 2 amide bonds. The third-order valence-corrected chi connectivity index (χ3v) is 6.76. The zero-order chi connectivity index (χ0) is 24.2. The number of nitrogens with zero attached hydrogens (tertiary/aromatic N) is 1. The number of benzene rings is 1. The first kappa shape index (κ1) is 25.8. The molecule has 7 heteroatoms. The second-order valence-electron chi connectivity index (χ2n) is 9.30. The molecule has 0 radical (unpaired) electrons. The monoisotopic (exact) mass is 467 g/mol. The number of hydrogen-bond acceptors (Lipinski definition) is 5. The van der Waals surface area contributed by atoms with Gasteiger partial charge in [-0.3, -0.25) is 14.4 Å². The molecule has 2 N–H and O–H groups in total. The molecule has 0 spiro atoms. The van der Waals surface area contributed by atoms with Gasteiger partial charge < -0.3 is 20.3 Å². The third-order valence-electron chi connectivity index (χ3n) is 6.76. The lowest BCUT2D eigenvalue weighted by atomic mass is 9.92. The Bertz CT molecular complexity index is 845. The van der Waals surface area contributed by atoms with Crippen LogP contribution in [0.3, 0.4) is 0 Å². The van der Waals surface area contributed by atoms with Crippen molar-refractivity contribution < 1.29 is 19.1 Å². The van der Waals surface area contributed by atoms with Crippen molar-refractivity contribution in [3.63, 3.8) is 0 Å². The number of hydrogen-bond donors (Lipinski definition) is 2. The summed E-state index contributed by atoms with van der Waals surface area (Å²) in [4.78, 5) is 39.5. The van der Waals surface area contributed by atoms with E-state index in [9.17, 15) is 14.4 Å². The number of carbonyl (C=O) groups is 3. The number of amides is 2. The highest BCUT2D eigenvalue weighted by atomic mass is 16.5. The zero-order valence-electron chi connectivity index (χ0n) is 20.0. The van der Waals surface area contributed by atoms with Gasteiger partial charge in [0, 0.05) is 25.9 Å². The Morgan fingerprint density at radius 2 is 1.94 bits per heavy atom. The van der Waals surface area contributed by atoms with Gasteiger partial charge in [0.2, 0.25) is 11.8 Å². The molecule has 0 bridgehead atoms. The maximum Gasteiger partial charge on any atom is 0.308 e. The summed E-state index contributed by atoms with van der Waals surface area (Å²) in [6.07, 6.45) is 11.3. The second-order valence-corrected chi connectivity index (χ2v) is 9.30. The summed E-state index contributed by atoms with van der Waals surface area (Å²) in [6, 6.07) is 9.05. The Morgan fingerprint density at radius 1 is 1.18 bits per heavy atom. The summed E-state index contributed by atoms with van der Waals surface area (Å²) in [5.41, 5.74) is 1.09. The van der Waals surface area contributed by atoms with Crippen LogP contribution in [-0.2, 0) is 25.5 Å². The highest BCUT2D eigenvalue weighted by Gasteiger charge is 2.30. The largest absolute Gasteiger partial charge is 0.465 e. The molecule has 2 fully saturated rings.